The van der Waals surface area contributed by atoms with Crippen LogP contribution in [0.1, 0.15) is 24.6 Å². The van der Waals surface area contributed by atoms with E-state index in [1.54, 1.807) is 12.1 Å². The topological polar surface area (TPSA) is 64.7 Å². The average Bonchev–Trinajstić information content (AvgIpc) is 3.05. The molecule has 3 aromatic rings. The van der Waals surface area contributed by atoms with Gasteiger partial charge in [0.2, 0.25) is 5.89 Å². The summed E-state index contributed by atoms with van der Waals surface area (Å²) in [5.74, 6) is 1.95. The molecule has 5 nitrogen and oxygen atoms in total. The van der Waals surface area contributed by atoms with E-state index in [-0.39, 0.29) is 0 Å². The van der Waals surface area contributed by atoms with Gasteiger partial charge in [0.15, 0.2) is 4.34 Å². The van der Waals surface area contributed by atoms with Crippen molar-refractivity contribution in [1.82, 2.24) is 19.6 Å². The third-order valence-corrected chi connectivity index (χ3v) is 4.86. The standard InChI is InChI=1S/C13H9ClN4OS2/c14-9-3-1-2-8(6-9)11-16-17-12(19-11)20-13-15-10(18-21-13)7-4-5-7/h1-3,6-7H,4-5H2. The van der Waals surface area contributed by atoms with Crippen LogP contribution in [0.4, 0.5) is 0 Å². The van der Waals surface area contributed by atoms with Gasteiger partial charge in [0.25, 0.3) is 5.22 Å². The normalized spacial score (nSPS) is 14.5. The van der Waals surface area contributed by atoms with Gasteiger partial charge in [-0.1, -0.05) is 17.7 Å². The first-order chi connectivity index (χ1) is 10.3. The van der Waals surface area contributed by atoms with E-state index in [0.29, 0.717) is 22.1 Å². The molecule has 4 rings (SSSR count). The van der Waals surface area contributed by atoms with Gasteiger partial charge in [0.05, 0.1) is 0 Å². The Morgan fingerprint density at radius 3 is 3.00 bits per heavy atom. The van der Waals surface area contributed by atoms with Crippen molar-refractivity contribution in [3.63, 3.8) is 0 Å². The van der Waals surface area contributed by atoms with Crippen LogP contribution in [-0.4, -0.2) is 19.6 Å². The Morgan fingerprint density at radius 1 is 1.29 bits per heavy atom. The molecule has 0 unspecified atom stereocenters. The second-order valence-corrected chi connectivity index (χ2v) is 7.07. The summed E-state index contributed by atoms with van der Waals surface area (Å²) >= 11 is 8.68. The van der Waals surface area contributed by atoms with E-state index in [1.165, 1.54) is 36.1 Å². The molecule has 0 radical (unpaired) electrons. The summed E-state index contributed by atoms with van der Waals surface area (Å²) in [5, 5.41) is 9.17. The van der Waals surface area contributed by atoms with Gasteiger partial charge in [-0.25, -0.2) is 4.98 Å². The van der Waals surface area contributed by atoms with Crippen LogP contribution in [0, 0.1) is 0 Å². The highest BCUT2D eigenvalue weighted by Gasteiger charge is 2.28. The summed E-state index contributed by atoms with van der Waals surface area (Å²) in [5.41, 5.74) is 0.804. The van der Waals surface area contributed by atoms with E-state index in [4.69, 9.17) is 16.0 Å². The Morgan fingerprint density at radius 2 is 2.19 bits per heavy atom. The molecule has 0 spiro atoms. The average molecular weight is 337 g/mol. The zero-order valence-electron chi connectivity index (χ0n) is 10.7. The molecule has 1 aliphatic rings. The van der Waals surface area contributed by atoms with Gasteiger partial charge in [-0.05, 0) is 42.6 Å². The Hall–Kier alpha value is -1.44. The molecule has 0 aliphatic heterocycles. The zero-order chi connectivity index (χ0) is 14.2. The van der Waals surface area contributed by atoms with Crippen molar-refractivity contribution in [2.75, 3.05) is 0 Å². The van der Waals surface area contributed by atoms with Gasteiger partial charge in [0.1, 0.15) is 5.82 Å². The zero-order valence-corrected chi connectivity index (χ0v) is 13.1. The maximum atomic E-state index is 5.96. The van der Waals surface area contributed by atoms with Crippen LogP contribution in [0.25, 0.3) is 11.5 Å². The summed E-state index contributed by atoms with van der Waals surface area (Å²) in [6.45, 7) is 0. The predicted molar refractivity (Wildman–Crippen MR) is 80.8 cm³/mol. The number of aromatic nitrogens is 4. The summed E-state index contributed by atoms with van der Waals surface area (Å²) in [6.07, 6.45) is 2.39. The molecule has 106 valence electrons. The lowest BCUT2D eigenvalue weighted by atomic mass is 10.2. The lowest BCUT2D eigenvalue weighted by Gasteiger charge is -1.94. The number of hydrogen-bond acceptors (Lipinski definition) is 7. The van der Waals surface area contributed by atoms with Gasteiger partial charge in [-0.2, -0.15) is 4.37 Å². The third kappa shape index (κ3) is 2.95. The highest BCUT2D eigenvalue weighted by atomic mass is 35.5. The number of halogens is 1. The van der Waals surface area contributed by atoms with Crippen molar-refractivity contribution in [3.05, 3.63) is 35.1 Å². The van der Waals surface area contributed by atoms with E-state index in [9.17, 15) is 0 Å². The first kappa shape index (κ1) is 13.2. The van der Waals surface area contributed by atoms with Crippen LogP contribution >= 0.6 is 34.9 Å². The molecule has 1 saturated carbocycles. The fourth-order valence-corrected chi connectivity index (χ4v) is 3.48. The van der Waals surface area contributed by atoms with E-state index >= 15 is 0 Å². The lowest BCUT2D eigenvalue weighted by Crippen LogP contribution is -1.80. The molecule has 0 N–H and O–H groups in total. The number of hydrogen-bond donors (Lipinski definition) is 0. The van der Waals surface area contributed by atoms with E-state index < -0.39 is 0 Å². The second-order valence-electron chi connectivity index (χ2n) is 4.68. The molecule has 1 aliphatic carbocycles. The molecule has 0 bridgehead atoms. The van der Waals surface area contributed by atoms with Crippen molar-refractivity contribution >= 4 is 34.9 Å². The summed E-state index contributed by atoms with van der Waals surface area (Å²) in [4.78, 5) is 4.49. The predicted octanol–water partition coefficient (Wildman–Crippen LogP) is 4.27. The molecule has 1 fully saturated rings. The van der Waals surface area contributed by atoms with Crippen LogP contribution in [0.3, 0.4) is 0 Å². The minimum atomic E-state index is 0.451. The maximum absolute atomic E-state index is 5.96. The largest absolute Gasteiger partial charge is 0.411 e. The molecule has 2 aromatic heterocycles. The van der Waals surface area contributed by atoms with Crippen LogP contribution < -0.4 is 0 Å². The van der Waals surface area contributed by atoms with Gasteiger partial charge in [-0.3, -0.25) is 0 Å². The minimum absolute atomic E-state index is 0.451. The molecule has 0 saturated heterocycles. The lowest BCUT2D eigenvalue weighted by molar-refractivity contribution is 0.466. The van der Waals surface area contributed by atoms with Crippen LogP contribution in [0.5, 0.6) is 0 Å². The Labute approximate surface area is 133 Å². The third-order valence-electron chi connectivity index (χ3n) is 3.02. The molecule has 2 heterocycles. The molecule has 8 heteroatoms. The molecule has 0 amide bonds. The molecular weight excluding hydrogens is 328 g/mol. The van der Waals surface area contributed by atoms with Crippen molar-refractivity contribution < 1.29 is 4.42 Å². The number of benzene rings is 1. The highest BCUT2D eigenvalue weighted by Crippen LogP contribution is 2.40. The quantitative estimate of drug-likeness (QED) is 0.708. The maximum Gasteiger partial charge on any atom is 0.284 e. The van der Waals surface area contributed by atoms with Gasteiger partial charge in [0, 0.05) is 28.3 Å². The molecule has 1 aromatic carbocycles. The number of nitrogens with zero attached hydrogens (tertiary/aromatic N) is 4. The van der Waals surface area contributed by atoms with E-state index in [1.807, 2.05) is 12.1 Å². The fraction of sp³-hybridized carbons (Fsp3) is 0.231. The summed E-state index contributed by atoms with van der Waals surface area (Å²) < 4.78 is 10.8. The Bertz CT molecular complexity index is 784. The Balaban J connectivity index is 1.53. The monoisotopic (exact) mass is 336 g/mol. The second kappa shape index (κ2) is 5.40. The molecular formula is C13H9ClN4OS2. The smallest absolute Gasteiger partial charge is 0.284 e. The fourth-order valence-electron chi connectivity index (χ4n) is 1.83. The van der Waals surface area contributed by atoms with E-state index in [2.05, 4.69) is 19.6 Å². The molecule has 0 atom stereocenters. The first-order valence-corrected chi connectivity index (χ1v) is 8.35. The van der Waals surface area contributed by atoms with Crippen molar-refractivity contribution in [2.24, 2.45) is 0 Å². The SMILES string of the molecule is Clc1cccc(-c2nnc(Sc3nc(C4CC4)ns3)o2)c1. The van der Waals surface area contributed by atoms with Crippen molar-refractivity contribution in [3.8, 4) is 11.5 Å². The van der Waals surface area contributed by atoms with Gasteiger partial charge < -0.3 is 4.42 Å². The molecule has 21 heavy (non-hydrogen) atoms. The summed E-state index contributed by atoms with van der Waals surface area (Å²) in [6, 6.07) is 7.32. The van der Waals surface area contributed by atoms with Crippen LogP contribution in [0.2, 0.25) is 5.02 Å². The van der Waals surface area contributed by atoms with Gasteiger partial charge in [-0.15, -0.1) is 10.2 Å². The first-order valence-electron chi connectivity index (χ1n) is 6.39. The highest BCUT2D eigenvalue weighted by molar-refractivity contribution is 8.00. The van der Waals surface area contributed by atoms with E-state index in [0.717, 1.165) is 15.7 Å². The Kier molecular flexibility index (Phi) is 3.40. The van der Waals surface area contributed by atoms with Crippen molar-refractivity contribution in [1.29, 1.82) is 0 Å². The van der Waals surface area contributed by atoms with Crippen molar-refractivity contribution in [2.45, 2.75) is 28.3 Å². The number of rotatable bonds is 4. The van der Waals surface area contributed by atoms with Crippen LogP contribution in [0.15, 0.2) is 38.2 Å². The summed E-state index contributed by atoms with van der Waals surface area (Å²) in [7, 11) is 0. The minimum Gasteiger partial charge on any atom is -0.411 e. The van der Waals surface area contributed by atoms with Gasteiger partial charge >= 0.3 is 0 Å². The van der Waals surface area contributed by atoms with Crippen LogP contribution in [-0.2, 0) is 0 Å².